The van der Waals surface area contributed by atoms with E-state index in [1.165, 1.54) is 17.5 Å². The van der Waals surface area contributed by atoms with E-state index >= 15 is 0 Å². The first-order valence-corrected chi connectivity index (χ1v) is 7.39. The third kappa shape index (κ3) is 2.95. The summed E-state index contributed by atoms with van der Waals surface area (Å²) in [6.07, 6.45) is 1.98. The molecule has 1 heteroatoms. The van der Waals surface area contributed by atoms with Gasteiger partial charge in [0.2, 0.25) is 0 Å². The van der Waals surface area contributed by atoms with E-state index < -0.39 is 0 Å². The molecule has 1 saturated carbocycles. The zero-order valence-electron chi connectivity index (χ0n) is 12.6. The van der Waals surface area contributed by atoms with Gasteiger partial charge in [0.25, 0.3) is 0 Å². The van der Waals surface area contributed by atoms with Crippen molar-refractivity contribution in [2.75, 3.05) is 7.11 Å². The second-order valence-corrected chi connectivity index (χ2v) is 5.89. The maximum absolute atomic E-state index is 5.16. The van der Waals surface area contributed by atoms with Crippen molar-refractivity contribution >= 4 is 0 Å². The van der Waals surface area contributed by atoms with Crippen LogP contribution in [0.4, 0.5) is 0 Å². The lowest BCUT2D eigenvalue weighted by atomic mass is 9.96. The van der Waals surface area contributed by atoms with Crippen LogP contribution in [0.1, 0.15) is 24.5 Å². The van der Waals surface area contributed by atoms with Gasteiger partial charge >= 0.3 is 0 Å². The Morgan fingerprint density at radius 3 is 2.48 bits per heavy atom. The van der Waals surface area contributed by atoms with Crippen LogP contribution in [0.5, 0.6) is 5.75 Å². The van der Waals surface area contributed by atoms with Gasteiger partial charge in [-0.25, -0.2) is 0 Å². The topological polar surface area (TPSA) is 9.23 Å². The zero-order valence-corrected chi connectivity index (χ0v) is 12.6. The van der Waals surface area contributed by atoms with Gasteiger partial charge in [-0.1, -0.05) is 61.2 Å². The Balaban J connectivity index is 1.62. The van der Waals surface area contributed by atoms with E-state index in [9.17, 15) is 0 Å². The molecule has 1 nitrogen and oxygen atoms in total. The number of methoxy groups -OCH3 is 1. The van der Waals surface area contributed by atoms with Crippen LogP contribution in [-0.2, 0) is 11.8 Å². The first kappa shape index (κ1) is 13.8. The van der Waals surface area contributed by atoms with Crippen LogP contribution in [0.3, 0.4) is 0 Å². The minimum absolute atomic E-state index is 0.258. The zero-order chi connectivity index (χ0) is 14.7. The largest absolute Gasteiger partial charge is 0.497 e. The third-order valence-electron chi connectivity index (χ3n) is 4.40. The van der Waals surface area contributed by atoms with E-state index in [0.717, 1.165) is 12.2 Å². The average Bonchev–Trinajstić information content (AvgIpc) is 3.21. The molecule has 21 heavy (non-hydrogen) atoms. The quantitative estimate of drug-likeness (QED) is 0.763. The van der Waals surface area contributed by atoms with Crippen LogP contribution in [0.15, 0.2) is 54.6 Å². The summed E-state index contributed by atoms with van der Waals surface area (Å²) in [5.74, 6) is 8.17. The number of benzene rings is 2. The van der Waals surface area contributed by atoms with Crippen molar-refractivity contribution in [3.8, 4) is 17.6 Å². The smallest absolute Gasteiger partial charge is 0.118 e. The molecule has 0 aliphatic heterocycles. The Morgan fingerprint density at radius 2 is 1.81 bits per heavy atom. The molecule has 0 N–H and O–H groups in total. The molecule has 1 unspecified atom stereocenters. The maximum Gasteiger partial charge on any atom is 0.118 e. The molecule has 1 aliphatic rings. The van der Waals surface area contributed by atoms with E-state index in [1.807, 2.05) is 12.1 Å². The summed E-state index contributed by atoms with van der Waals surface area (Å²) in [4.78, 5) is 0. The number of rotatable bonds is 3. The molecule has 106 valence electrons. The Morgan fingerprint density at radius 1 is 1.10 bits per heavy atom. The van der Waals surface area contributed by atoms with Gasteiger partial charge < -0.3 is 4.74 Å². The lowest BCUT2D eigenvalue weighted by Crippen LogP contribution is -2.02. The summed E-state index contributed by atoms with van der Waals surface area (Å²) in [6, 6.07) is 18.9. The molecule has 2 aromatic carbocycles. The van der Waals surface area contributed by atoms with Crippen molar-refractivity contribution in [3.63, 3.8) is 0 Å². The van der Waals surface area contributed by atoms with E-state index in [4.69, 9.17) is 4.74 Å². The van der Waals surface area contributed by atoms with Crippen molar-refractivity contribution < 1.29 is 4.74 Å². The molecular weight excluding hydrogens is 256 g/mol. The fourth-order valence-electron chi connectivity index (χ4n) is 2.73. The summed E-state index contributed by atoms with van der Waals surface area (Å²) in [5, 5.41) is 0. The standard InChI is InChI=1S/C20H20O/c1-20(17-8-4-3-5-9-17)15-18(20)10-6-7-16-11-13-19(21-2)14-12-16/h3-5,8-9,11-14,18H,7,15H2,1-2H3/t18?,20-/m0/s1. The van der Waals surface area contributed by atoms with E-state index in [0.29, 0.717) is 5.92 Å². The minimum atomic E-state index is 0.258. The van der Waals surface area contributed by atoms with Crippen LogP contribution in [0, 0.1) is 17.8 Å². The van der Waals surface area contributed by atoms with E-state index in [1.54, 1.807) is 7.11 Å². The molecule has 0 radical (unpaired) electrons. The predicted molar refractivity (Wildman–Crippen MR) is 86.4 cm³/mol. The fourth-order valence-corrected chi connectivity index (χ4v) is 2.73. The molecule has 1 aliphatic carbocycles. The molecule has 0 spiro atoms. The molecular formula is C20H20O. The van der Waals surface area contributed by atoms with E-state index in [2.05, 4.69) is 61.2 Å². The van der Waals surface area contributed by atoms with Gasteiger partial charge in [0.05, 0.1) is 7.11 Å². The van der Waals surface area contributed by atoms with Gasteiger partial charge in [0, 0.05) is 17.8 Å². The second-order valence-electron chi connectivity index (χ2n) is 5.89. The Labute approximate surface area is 127 Å². The monoisotopic (exact) mass is 276 g/mol. The summed E-state index contributed by atoms with van der Waals surface area (Å²) in [7, 11) is 1.69. The summed E-state index contributed by atoms with van der Waals surface area (Å²) in [6.45, 7) is 2.31. The normalized spacial score (nSPS) is 23.0. The Bertz CT molecular complexity index is 660. The van der Waals surface area contributed by atoms with Crippen LogP contribution in [-0.4, -0.2) is 7.11 Å². The third-order valence-corrected chi connectivity index (χ3v) is 4.40. The molecule has 0 bridgehead atoms. The maximum atomic E-state index is 5.16. The molecule has 3 rings (SSSR count). The van der Waals surface area contributed by atoms with Gasteiger partial charge in [-0.05, 0) is 29.7 Å². The predicted octanol–water partition coefficient (Wildman–Crippen LogP) is 4.22. The van der Waals surface area contributed by atoms with Crippen molar-refractivity contribution in [2.24, 2.45) is 5.92 Å². The van der Waals surface area contributed by atoms with Gasteiger partial charge in [0.15, 0.2) is 0 Å². The summed E-state index contributed by atoms with van der Waals surface area (Å²) >= 11 is 0. The van der Waals surface area contributed by atoms with Crippen LogP contribution < -0.4 is 4.74 Å². The lowest BCUT2D eigenvalue weighted by molar-refractivity contribution is 0.414. The molecule has 0 amide bonds. The van der Waals surface area contributed by atoms with Crippen LogP contribution in [0.2, 0.25) is 0 Å². The first-order valence-electron chi connectivity index (χ1n) is 7.39. The van der Waals surface area contributed by atoms with Crippen molar-refractivity contribution in [3.05, 3.63) is 65.7 Å². The number of hydrogen-bond acceptors (Lipinski definition) is 1. The molecule has 1 fully saturated rings. The van der Waals surface area contributed by atoms with Crippen LogP contribution >= 0.6 is 0 Å². The molecule has 0 saturated heterocycles. The highest BCUT2D eigenvalue weighted by Gasteiger charge is 2.50. The van der Waals surface area contributed by atoms with Crippen molar-refractivity contribution in [1.82, 2.24) is 0 Å². The highest BCUT2D eigenvalue weighted by atomic mass is 16.5. The van der Waals surface area contributed by atoms with E-state index in [-0.39, 0.29) is 5.41 Å². The lowest BCUT2D eigenvalue weighted by Gasteiger charge is -2.08. The molecule has 0 heterocycles. The highest BCUT2D eigenvalue weighted by molar-refractivity contribution is 5.38. The molecule has 2 atom stereocenters. The van der Waals surface area contributed by atoms with Gasteiger partial charge in [-0.2, -0.15) is 0 Å². The number of ether oxygens (including phenoxy) is 1. The first-order chi connectivity index (χ1) is 10.2. The fraction of sp³-hybridized carbons (Fsp3) is 0.300. The number of hydrogen-bond donors (Lipinski definition) is 0. The van der Waals surface area contributed by atoms with Crippen LogP contribution in [0.25, 0.3) is 0 Å². The van der Waals surface area contributed by atoms with Crippen molar-refractivity contribution in [2.45, 2.75) is 25.2 Å². The van der Waals surface area contributed by atoms with Gasteiger partial charge in [0.1, 0.15) is 5.75 Å². The van der Waals surface area contributed by atoms with Gasteiger partial charge in [-0.3, -0.25) is 0 Å². The molecule has 0 aromatic heterocycles. The van der Waals surface area contributed by atoms with Crippen molar-refractivity contribution in [1.29, 1.82) is 0 Å². The highest BCUT2D eigenvalue weighted by Crippen LogP contribution is 2.53. The van der Waals surface area contributed by atoms with Gasteiger partial charge in [-0.15, -0.1) is 0 Å². The Hall–Kier alpha value is -2.20. The Kier molecular flexibility index (Phi) is 3.71. The summed E-state index contributed by atoms with van der Waals surface area (Å²) < 4.78 is 5.16. The minimum Gasteiger partial charge on any atom is -0.497 e. The second kappa shape index (κ2) is 5.66. The average molecular weight is 276 g/mol. The summed E-state index contributed by atoms with van der Waals surface area (Å²) in [5.41, 5.74) is 2.91. The molecule has 2 aromatic rings. The SMILES string of the molecule is COc1ccc(CC#CC2C[C@@]2(C)c2ccccc2)cc1.